The van der Waals surface area contributed by atoms with Crippen LogP contribution in [-0.4, -0.2) is 43.5 Å². The molecule has 2 saturated heterocycles. The summed E-state index contributed by atoms with van der Waals surface area (Å²) < 4.78 is 13.5. The zero-order valence-corrected chi connectivity index (χ0v) is 12.2. The van der Waals surface area contributed by atoms with E-state index < -0.39 is 0 Å². The summed E-state index contributed by atoms with van der Waals surface area (Å²) in [6.07, 6.45) is 2.38. The Morgan fingerprint density at radius 1 is 1.38 bits per heavy atom. The zero-order chi connectivity index (χ0) is 14.7. The molecule has 0 saturated carbocycles. The lowest BCUT2D eigenvalue weighted by atomic mass is 9.87. The second kappa shape index (κ2) is 6.12. The first-order valence-electron chi connectivity index (χ1n) is 7.60. The highest BCUT2D eigenvalue weighted by Crippen LogP contribution is 2.35. The standard InChI is InChI=1S/C16H22FN3O/c17-14-4-2-1-3-13(14)9-19-15(21)10-20-8-6-16(12-20)5-7-18-11-16/h1-4,18H,5-12H2,(H,19,21). The van der Waals surface area contributed by atoms with Crippen molar-refractivity contribution in [1.82, 2.24) is 15.5 Å². The second-order valence-electron chi connectivity index (χ2n) is 6.26. The van der Waals surface area contributed by atoms with Crippen LogP contribution >= 0.6 is 0 Å². The summed E-state index contributed by atoms with van der Waals surface area (Å²) >= 11 is 0. The van der Waals surface area contributed by atoms with Crippen LogP contribution in [0.1, 0.15) is 18.4 Å². The summed E-state index contributed by atoms with van der Waals surface area (Å²) in [5.41, 5.74) is 0.912. The second-order valence-corrected chi connectivity index (χ2v) is 6.26. The van der Waals surface area contributed by atoms with Crippen molar-refractivity contribution < 1.29 is 9.18 Å². The lowest BCUT2D eigenvalue weighted by molar-refractivity contribution is -0.122. The molecule has 1 unspecified atom stereocenters. The van der Waals surface area contributed by atoms with E-state index in [4.69, 9.17) is 0 Å². The highest BCUT2D eigenvalue weighted by molar-refractivity contribution is 5.78. The van der Waals surface area contributed by atoms with Crippen molar-refractivity contribution in [3.8, 4) is 0 Å². The van der Waals surface area contributed by atoms with Crippen LogP contribution < -0.4 is 10.6 Å². The molecule has 114 valence electrons. The molecule has 2 heterocycles. The minimum atomic E-state index is -0.269. The molecule has 1 atom stereocenters. The number of halogens is 1. The lowest BCUT2D eigenvalue weighted by Gasteiger charge is -2.22. The van der Waals surface area contributed by atoms with Crippen molar-refractivity contribution in [1.29, 1.82) is 0 Å². The molecule has 0 radical (unpaired) electrons. The molecule has 5 heteroatoms. The van der Waals surface area contributed by atoms with Crippen LogP contribution in [0.2, 0.25) is 0 Å². The Balaban J connectivity index is 1.46. The molecule has 1 aromatic rings. The minimum absolute atomic E-state index is 0.0266. The minimum Gasteiger partial charge on any atom is -0.351 e. The zero-order valence-electron chi connectivity index (χ0n) is 12.2. The molecule has 1 aromatic carbocycles. The smallest absolute Gasteiger partial charge is 0.234 e. The third-order valence-electron chi connectivity index (χ3n) is 4.65. The maximum Gasteiger partial charge on any atom is 0.234 e. The third-order valence-corrected chi connectivity index (χ3v) is 4.65. The third kappa shape index (κ3) is 3.41. The summed E-state index contributed by atoms with van der Waals surface area (Å²) in [5, 5.41) is 6.22. The van der Waals surface area contributed by atoms with Crippen LogP contribution in [-0.2, 0) is 11.3 Å². The van der Waals surface area contributed by atoms with E-state index in [1.807, 2.05) is 0 Å². The molecule has 0 aliphatic carbocycles. The molecule has 2 N–H and O–H groups in total. The van der Waals surface area contributed by atoms with E-state index in [0.29, 0.717) is 17.5 Å². The average molecular weight is 291 g/mol. The van der Waals surface area contributed by atoms with Crippen LogP contribution in [0, 0.1) is 11.2 Å². The van der Waals surface area contributed by atoms with Gasteiger partial charge in [0.25, 0.3) is 0 Å². The van der Waals surface area contributed by atoms with Crippen molar-refractivity contribution >= 4 is 5.91 Å². The molecule has 2 aliphatic heterocycles. The number of carbonyl (C=O) groups excluding carboxylic acids is 1. The number of benzene rings is 1. The van der Waals surface area contributed by atoms with E-state index in [-0.39, 0.29) is 18.3 Å². The maximum atomic E-state index is 13.5. The molecule has 0 aromatic heterocycles. The van der Waals surface area contributed by atoms with Gasteiger partial charge in [0.1, 0.15) is 5.82 Å². The Morgan fingerprint density at radius 2 is 2.24 bits per heavy atom. The van der Waals surface area contributed by atoms with Crippen LogP contribution in [0.4, 0.5) is 4.39 Å². The number of carbonyl (C=O) groups is 1. The van der Waals surface area contributed by atoms with Gasteiger partial charge in [0.2, 0.25) is 5.91 Å². The quantitative estimate of drug-likeness (QED) is 0.874. The number of hydrogen-bond donors (Lipinski definition) is 2. The first kappa shape index (κ1) is 14.5. The number of hydrogen-bond acceptors (Lipinski definition) is 3. The van der Waals surface area contributed by atoms with Crippen molar-refractivity contribution in [3.63, 3.8) is 0 Å². The van der Waals surface area contributed by atoms with Gasteiger partial charge < -0.3 is 10.6 Å². The van der Waals surface area contributed by atoms with Gasteiger partial charge in [0, 0.05) is 25.2 Å². The van der Waals surface area contributed by atoms with Gasteiger partial charge in [-0.05, 0) is 37.4 Å². The van der Waals surface area contributed by atoms with E-state index in [2.05, 4.69) is 15.5 Å². The summed E-state index contributed by atoms with van der Waals surface area (Å²) in [6.45, 7) is 4.80. The molecule has 4 nitrogen and oxygen atoms in total. The number of likely N-dealkylation sites (tertiary alicyclic amines) is 1. The fraction of sp³-hybridized carbons (Fsp3) is 0.562. The van der Waals surface area contributed by atoms with Gasteiger partial charge in [-0.3, -0.25) is 9.69 Å². The molecule has 21 heavy (non-hydrogen) atoms. The number of nitrogens with zero attached hydrogens (tertiary/aromatic N) is 1. The molecular formula is C16H22FN3O. The summed E-state index contributed by atoms with van der Waals surface area (Å²) in [7, 11) is 0. The molecule has 3 rings (SSSR count). The number of nitrogens with one attached hydrogen (secondary N) is 2. The molecule has 2 aliphatic rings. The molecule has 2 fully saturated rings. The summed E-state index contributed by atoms with van der Waals surface area (Å²) in [6, 6.07) is 6.55. The van der Waals surface area contributed by atoms with E-state index in [9.17, 15) is 9.18 Å². The van der Waals surface area contributed by atoms with Gasteiger partial charge in [-0.15, -0.1) is 0 Å². The van der Waals surface area contributed by atoms with Gasteiger partial charge in [-0.25, -0.2) is 4.39 Å². The van der Waals surface area contributed by atoms with Gasteiger partial charge in [0.15, 0.2) is 0 Å². The van der Waals surface area contributed by atoms with Crippen molar-refractivity contribution in [2.24, 2.45) is 5.41 Å². The van der Waals surface area contributed by atoms with E-state index in [1.54, 1.807) is 18.2 Å². The predicted octanol–water partition coefficient (Wildman–Crippen LogP) is 1.13. The van der Waals surface area contributed by atoms with Crippen LogP contribution in [0.5, 0.6) is 0 Å². The summed E-state index contributed by atoms with van der Waals surface area (Å²) in [5.74, 6) is -0.295. The van der Waals surface area contributed by atoms with Gasteiger partial charge in [-0.2, -0.15) is 0 Å². The van der Waals surface area contributed by atoms with Gasteiger partial charge in [0.05, 0.1) is 6.54 Å². The molecule has 0 bridgehead atoms. The van der Waals surface area contributed by atoms with Gasteiger partial charge >= 0.3 is 0 Å². The van der Waals surface area contributed by atoms with Crippen molar-refractivity contribution in [2.45, 2.75) is 19.4 Å². The monoisotopic (exact) mass is 291 g/mol. The fourth-order valence-electron chi connectivity index (χ4n) is 3.40. The topological polar surface area (TPSA) is 44.4 Å². The Kier molecular flexibility index (Phi) is 4.22. The largest absolute Gasteiger partial charge is 0.351 e. The van der Waals surface area contributed by atoms with Crippen LogP contribution in [0.15, 0.2) is 24.3 Å². The highest BCUT2D eigenvalue weighted by Gasteiger charge is 2.40. The first-order chi connectivity index (χ1) is 10.2. The van der Waals surface area contributed by atoms with Crippen molar-refractivity contribution in [3.05, 3.63) is 35.6 Å². The van der Waals surface area contributed by atoms with E-state index in [0.717, 1.165) is 26.2 Å². The Bertz CT molecular complexity index is 514. The van der Waals surface area contributed by atoms with Crippen LogP contribution in [0.3, 0.4) is 0 Å². The Morgan fingerprint density at radius 3 is 3.00 bits per heavy atom. The predicted molar refractivity (Wildman–Crippen MR) is 79.2 cm³/mol. The first-order valence-corrected chi connectivity index (χ1v) is 7.60. The highest BCUT2D eigenvalue weighted by atomic mass is 19.1. The maximum absolute atomic E-state index is 13.5. The lowest BCUT2D eigenvalue weighted by Crippen LogP contribution is -2.37. The van der Waals surface area contributed by atoms with Gasteiger partial charge in [-0.1, -0.05) is 18.2 Å². The Labute approximate surface area is 124 Å². The molecular weight excluding hydrogens is 269 g/mol. The molecule has 1 amide bonds. The SMILES string of the molecule is O=C(CN1CCC2(CCNC2)C1)NCc1ccccc1F. The fourth-order valence-corrected chi connectivity index (χ4v) is 3.40. The molecule has 1 spiro atoms. The van der Waals surface area contributed by atoms with E-state index in [1.165, 1.54) is 18.9 Å². The van der Waals surface area contributed by atoms with E-state index >= 15 is 0 Å². The van der Waals surface area contributed by atoms with Crippen molar-refractivity contribution in [2.75, 3.05) is 32.7 Å². The Hall–Kier alpha value is -1.46. The summed E-state index contributed by atoms with van der Waals surface area (Å²) in [4.78, 5) is 14.2. The number of rotatable bonds is 4. The normalized spacial score (nSPS) is 25.6. The average Bonchev–Trinajstić information content (AvgIpc) is 3.09. The number of amides is 1. The van der Waals surface area contributed by atoms with Crippen LogP contribution in [0.25, 0.3) is 0 Å².